The minimum Gasteiger partial charge on any atom is -0.383 e. The minimum atomic E-state index is -0.358. The van der Waals surface area contributed by atoms with Gasteiger partial charge in [-0.15, -0.1) is 0 Å². The highest BCUT2D eigenvalue weighted by atomic mass is 16.5. The van der Waals surface area contributed by atoms with E-state index in [-0.39, 0.29) is 23.6 Å². The van der Waals surface area contributed by atoms with Crippen molar-refractivity contribution in [2.45, 2.75) is 19.4 Å². The quantitative estimate of drug-likeness (QED) is 0.514. The number of hydrogen-bond donors (Lipinski definition) is 3. The van der Waals surface area contributed by atoms with Crippen molar-refractivity contribution in [1.82, 2.24) is 15.6 Å². The molecule has 29 heavy (non-hydrogen) atoms. The van der Waals surface area contributed by atoms with Gasteiger partial charge in [-0.1, -0.05) is 43.3 Å². The van der Waals surface area contributed by atoms with E-state index in [4.69, 9.17) is 4.74 Å². The average molecular weight is 391 g/mol. The van der Waals surface area contributed by atoms with Crippen molar-refractivity contribution in [2.75, 3.05) is 13.7 Å². The fourth-order valence-electron chi connectivity index (χ4n) is 3.04. The summed E-state index contributed by atoms with van der Waals surface area (Å²) in [7, 11) is 1.59. The highest BCUT2D eigenvalue weighted by Gasteiger charge is 2.18. The number of amides is 2. The van der Waals surface area contributed by atoms with Crippen LogP contribution in [0.5, 0.6) is 0 Å². The lowest BCUT2D eigenvalue weighted by Gasteiger charge is -2.18. The molecule has 3 rings (SSSR count). The normalized spacial score (nSPS) is 12.6. The van der Waals surface area contributed by atoms with E-state index < -0.39 is 0 Å². The molecular formula is C23H25N3O3. The Morgan fingerprint density at radius 1 is 1.10 bits per heavy atom. The SMILES string of the molecule is CC[C@H](COC)NC(=O)/C(=C\c1c[nH]c2ccccc12)NC(=O)c1ccccc1. The smallest absolute Gasteiger partial charge is 0.268 e. The summed E-state index contributed by atoms with van der Waals surface area (Å²) in [6, 6.07) is 16.5. The van der Waals surface area contributed by atoms with E-state index in [1.54, 1.807) is 37.5 Å². The molecule has 1 atom stereocenters. The number of ether oxygens (including phenoxy) is 1. The molecule has 0 spiro atoms. The second kappa shape index (κ2) is 9.71. The first-order valence-corrected chi connectivity index (χ1v) is 9.56. The van der Waals surface area contributed by atoms with E-state index in [9.17, 15) is 9.59 Å². The van der Waals surface area contributed by atoms with Crippen LogP contribution in [0.2, 0.25) is 0 Å². The van der Waals surface area contributed by atoms with Crippen molar-refractivity contribution in [3.8, 4) is 0 Å². The van der Waals surface area contributed by atoms with Gasteiger partial charge in [0.1, 0.15) is 5.70 Å². The third kappa shape index (κ3) is 5.12. The van der Waals surface area contributed by atoms with Gasteiger partial charge in [-0.3, -0.25) is 9.59 Å². The standard InChI is InChI=1S/C23H25N3O3/c1-3-18(15-29-2)25-23(28)21(26-22(27)16-9-5-4-6-10-16)13-17-14-24-20-12-8-7-11-19(17)20/h4-14,18,24H,3,15H2,1-2H3,(H,25,28)(H,26,27)/b21-13+/t18-/m1/s1. The van der Waals surface area contributed by atoms with Gasteiger partial charge in [0.2, 0.25) is 0 Å². The van der Waals surface area contributed by atoms with Crippen molar-refractivity contribution in [3.05, 3.63) is 77.6 Å². The summed E-state index contributed by atoms with van der Waals surface area (Å²) in [5.74, 6) is -0.699. The van der Waals surface area contributed by atoms with Crippen LogP contribution in [0.4, 0.5) is 0 Å². The Bertz CT molecular complexity index is 1010. The van der Waals surface area contributed by atoms with Crippen LogP contribution < -0.4 is 10.6 Å². The van der Waals surface area contributed by atoms with Crippen LogP contribution in [0.15, 0.2) is 66.5 Å². The zero-order chi connectivity index (χ0) is 20.6. The molecule has 0 unspecified atom stereocenters. The lowest BCUT2D eigenvalue weighted by molar-refractivity contribution is -0.118. The first kappa shape index (κ1) is 20.4. The number of methoxy groups -OCH3 is 1. The number of para-hydroxylation sites is 1. The molecule has 0 aliphatic carbocycles. The maximum atomic E-state index is 13.0. The maximum Gasteiger partial charge on any atom is 0.268 e. The first-order valence-electron chi connectivity index (χ1n) is 9.56. The van der Waals surface area contributed by atoms with Crippen molar-refractivity contribution in [2.24, 2.45) is 0 Å². The Labute approximate surface area is 170 Å². The molecule has 0 aliphatic rings. The molecule has 2 aromatic carbocycles. The third-order valence-corrected chi connectivity index (χ3v) is 4.65. The topological polar surface area (TPSA) is 83.2 Å². The number of carbonyl (C=O) groups excluding carboxylic acids is 2. The summed E-state index contributed by atoms with van der Waals surface area (Å²) < 4.78 is 5.16. The number of hydrogen-bond acceptors (Lipinski definition) is 3. The molecule has 3 aromatic rings. The summed E-state index contributed by atoms with van der Waals surface area (Å²) in [5.41, 5.74) is 2.44. The van der Waals surface area contributed by atoms with Gasteiger partial charge in [0.15, 0.2) is 0 Å². The van der Waals surface area contributed by atoms with Gasteiger partial charge in [-0.2, -0.15) is 0 Å². The average Bonchev–Trinajstić information content (AvgIpc) is 3.16. The molecule has 0 saturated heterocycles. The number of benzene rings is 2. The van der Waals surface area contributed by atoms with Gasteiger partial charge >= 0.3 is 0 Å². The highest BCUT2D eigenvalue weighted by Crippen LogP contribution is 2.20. The summed E-state index contributed by atoms with van der Waals surface area (Å²) in [6.45, 7) is 2.37. The summed E-state index contributed by atoms with van der Waals surface area (Å²) in [6.07, 6.45) is 4.22. The minimum absolute atomic E-state index is 0.146. The van der Waals surface area contributed by atoms with Gasteiger partial charge in [0.25, 0.3) is 11.8 Å². The van der Waals surface area contributed by atoms with Crippen molar-refractivity contribution >= 4 is 28.8 Å². The fourth-order valence-corrected chi connectivity index (χ4v) is 3.04. The third-order valence-electron chi connectivity index (χ3n) is 4.65. The molecule has 0 fully saturated rings. The molecule has 0 bridgehead atoms. The van der Waals surface area contributed by atoms with Crippen molar-refractivity contribution in [3.63, 3.8) is 0 Å². The number of rotatable bonds is 8. The van der Waals surface area contributed by atoms with Crippen LogP contribution in [0.25, 0.3) is 17.0 Å². The van der Waals surface area contributed by atoms with Gasteiger partial charge < -0.3 is 20.4 Å². The Morgan fingerprint density at radius 3 is 2.55 bits per heavy atom. The van der Waals surface area contributed by atoms with Crippen LogP contribution in [0.1, 0.15) is 29.3 Å². The van der Waals surface area contributed by atoms with E-state index in [0.717, 1.165) is 16.5 Å². The molecule has 3 N–H and O–H groups in total. The van der Waals surface area contributed by atoms with Crippen LogP contribution in [-0.4, -0.2) is 36.6 Å². The lowest BCUT2D eigenvalue weighted by Crippen LogP contribution is -2.42. The van der Waals surface area contributed by atoms with Gasteiger partial charge in [0, 0.05) is 35.3 Å². The van der Waals surface area contributed by atoms with E-state index >= 15 is 0 Å². The molecule has 1 aromatic heterocycles. The molecule has 6 heteroatoms. The summed E-state index contributed by atoms with van der Waals surface area (Å²) >= 11 is 0. The number of aromatic nitrogens is 1. The van der Waals surface area contributed by atoms with Crippen molar-refractivity contribution < 1.29 is 14.3 Å². The zero-order valence-electron chi connectivity index (χ0n) is 16.6. The fraction of sp³-hybridized carbons (Fsp3) is 0.217. The molecule has 0 radical (unpaired) electrons. The van der Waals surface area contributed by atoms with Crippen LogP contribution >= 0.6 is 0 Å². The first-order chi connectivity index (χ1) is 14.1. The van der Waals surface area contributed by atoms with E-state index in [2.05, 4.69) is 15.6 Å². The highest BCUT2D eigenvalue weighted by molar-refractivity contribution is 6.06. The van der Waals surface area contributed by atoms with Gasteiger partial charge in [0.05, 0.1) is 12.6 Å². The maximum absolute atomic E-state index is 13.0. The van der Waals surface area contributed by atoms with Crippen LogP contribution in [-0.2, 0) is 9.53 Å². The molecular weight excluding hydrogens is 366 g/mol. The van der Waals surface area contributed by atoms with Crippen LogP contribution in [0, 0.1) is 0 Å². The molecule has 1 heterocycles. The van der Waals surface area contributed by atoms with Gasteiger partial charge in [-0.05, 0) is 30.7 Å². The molecule has 0 aliphatic heterocycles. The van der Waals surface area contributed by atoms with Crippen LogP contribution in [0.3, 0.4) is 0 Å². The number of H-pyrrole nitrogens is 1. The predicted molar refractivity (Wildman–Crippen MR) is 114 cm³/mol. The Kier molecular flexibility index (Phi) is 6.81. The largest absolute Gasteiger partial charge is 0.383 e. The molecule has 6 nitrogen and oxygen atoms in total. The van der Waals surface area contributed by atoms with Gasteiger partial charge in [-0.25, -0.2) is 0 Å². The Balaban J connectivity index is 1.92. The van der Waals surface area contributed by atoms with Crippen molar-refractivity contribution in [1.29, 1.82) is 0 Å². The van der Waals surface area contributed by atoms with E-state index in [1.807, 2.05) is 43.5 Å². The zero-order valence-corrected chi connectivity index (χ0v) is 16.6. The summed E-state index contributed by atoms with van der Waals surface area (Å²) in [4.78, 5) is 28.8. The molecule has 0 saturated carbocycles. The Hall–Kier alpha value is -3.38. The number of carbonyl (C=O) groups is 2. The second-order valence-corrected chi connectivity index (χ2v) is 6.70. The Morgan fingerprint density at radius 2 is 1.83 bits per heavy atom. The number of aromatic amines is 1. The lowest BCUT2D eigenvalue weighted by atomic mass is 10.1. The summed E-state index contributed by atoms with van der Waals surface area (Å²) in [5, 5.41) is 6.66. The van der Waals surface area contributed by atoms with E-state index in [1.165, 1.54) is 0 Å². The number of nitrogens with one attached hydrogen (secondary N) is 3. The molecule has 2 amide bonds. The second-order valence-electron chi connectivity index (χ2n) is 6.70. The monoisotopic (exact) mass is 391 g/mol. The predicted octanol–water partition coefficient (Wildman–Crippen LogP) is 3.48. The van der Waals surface area contributed by atoms with E-state index in [0.29, 0.717) is 18.6 Å². The number of fused-ring (bicyclic) bond motifs is 1. The molecule has 150 valence electrons.